The Labute approximate surface area is 158 Å². The number of primary amides is 1. The third kappa shape index (κ3) is 4.54. The molecule has 1 fully saturated rings. The zero-order valence-corrected chi connectivity index (χ0v) is 15.9. The summed E-state index contributed by atoms with van der Waals surface area (Å²) in [4.78, 5) is 26.0. The number of nitrogens with zero attached hydrogens (tertiary/aromatic N) is 1. The number of sulfone groups is 1. The summed E-state index contributed by atoms with van der Waals surface area (Å²) in [5, 5.41) is 0. The maximum atomic E-state index is 12.7. The Kier molecular flexibility index (Phi) is 5.32. The van der Waals surface area contributed by atoms with E-state index in [1.807, 2.05) is 12.1 Å². The molecule has 2 amide bonds. The Morgan fingerprint density at radius 2 is 1.81 bits per heavy atom. The average molecular weight is 386 g/mol. The molecule has 0 saturated carbocycles. The predicted molar refractivity (Wildman–Crippen MR) is 102 cm³/mol. The lowest BCUT2D eigenvalue weighted by molar-refractivity contribution is 0.0786. The van der Waals surface area contributed by atoms with Crippen LogP contribution in [0.1, 0.15) is 32.7 Å². The van der Waals surface area contributed by atoms with E-state index >= 15 is 0 Å². The van der Waals surface area contributed by atoms with Crippen LogP contribution in [0.15, 0.2) is 53.4 Å². The van der Waals surface area contributed by atoms with Crippen molar-refractivity contribution in [3.05, 3.63) is 65.2 Å². The normalized spacial score (nSPS) is 17.1. The highest BCUT2D eigenvalue weighted by Gasteiger charge is 2.27. The van der Waals surface area contributed by atoms with Crippen LogP contribution < -0.4 is 5.73 Å². The van der Waals surface area contributed by atoms with E-state index < -0.39 is 15.7 Å². The summed E-state index contributed by atoms with van der Waals surface area (Å²) in [6.07, 6.45) is 2.75. The van der Waals surface area contributed by atoms with Gasteiger partial charge in [0.2, 0.25) is 5.91 Å². The lowest BCUT2D eigenvalue weighted by Crippen LogP contribution is -2.29. The minimum Gasteiger partial charge on any atom is -0.366 e. The van der Waals surface area contributed by atoms with E-state index in [-0.39, 0.29) is 16.7 Å². The predicted octanol–water partition coefficient (Wildman–Crippen LogP) is 1.89. The molecule has 7 heteroatoms. The number of benzene rings is 2. The molecule has 0 unspecified atom stereocenters. The van der Waals surface area contributed by atoms with Gasteiger partial charge in [0.25, 0.3) is 5.91 Å². The van der Waals surface area contributed by atoms with Crippen LogP contribution in [-0.2, 0) is 16.3 Å². The zero-order valence-electron chi connectivity index (χ0n) is 15.1. The van der Waals surface area contributed by atoms with Gasteiger partial charge in [0, 0.05) is 30.5 Å². The van der Waals surface area contributed by atoms with Crippen molar-refractivity contribution >= 4 is 21.7 Å². The van der Waals surface area contributed by atoms with Gasteiger partial charge in [0.05, 0.1) is 4.90 Å². The van der Waals surface area contributed by atoms with Crippen LogP contribution in [0, 0.1) is 5.92 Å². The van der Waals surface area contributed by atoms with Crippen molar-refractivity contribution in [3.8, 4) is 0 Å². The lowest BCUT2D eigenvalue weighted by Gasteiger charge is -2.17. The summed E-state index contributed by atoms with van der Waals surface area (Å²) in [6.45, 7) is 1.23. The largest absolute Gasteiger partial charge is 0.366 e. The summed E-state index contributed by atoms with van der Waals surface area (Å²) in [7, 11) is -3.35. The highest BCUT2D eigenvalue weighted by atomic mass is 32.2. The van der Waals surface area contributed by atoms with Crippen LogP contribution in [0.4, 0.5) is 0 Å². The monoisotopic (exact) mass is 386 g/mol. The Morgan fingerprint density at radius 1 is 1.11 bits per heavy atom. The van der Waals surface area contributed by atoms with Crippen molar-refractivity contribution in [3.63, 3.8) is 0 Å². The van der Waals surface area contributed by atoms with Crippen LogP contribution in [0.5, 0.6) is 0 Å². The van der Waals surface area contributed by atoms with Crippen molar-refractivity contribution in [2.24, 2.45) is 11.7 Å². The van der Waals surface area contributed by atoms with E-state index in [2.05, 4.69) is 0 Å². The summed E-state index contributed by atoms with van der Waals surface area (Å²) >= 11 is 0. The Morgan fingerprint density at radius 3 is 2.52 bits per heavy atom. The van der Waals surface area contributed by atoms with E-state index in [1.54, 1.807) is 29.2 Å². The van der Waals surface area contributed by atoms with Crippen LogP contribution >= 0.6 is 0 Å². The van der Waals surface area contributed by atoms with Crippen LogP contribution in [0.2, 0.25) is 0 Å². The Hall–Kier alpha value is -2.67. The Bertz CT molecular complexity index is 985. The molecule has 1 atom stereocenters. The first kappa shape index (κ1) is 19.1. The molecular weight excluding hydrogens is 364 g/mol. The minimum absolute atomic E-state index is 0.146. The van der Waals surface area contributed by atoms with Crippen molar-refractivity contribution in [2.75, 3.05) is 19.3 Å². The van der Waals surface area contributed by atoms with Gasteiger partial charge in [-0.05, 0) is 54.7 Å². The van der Waals surface area contributed by atoms with Crippen molar-refractivity contribution in [1.82, 2.24) is 4.90 Å². The summed E-state index contributed by atoms with van der Waals surface area (Å²) in [5.41, 5.74) is 7.21. The quantitative estimate of drug-likeness (QED) is 0.848. The topological polar surface area (TPSA) is 97.5 Å². The van der Waals surface area contributed by atoms with E-state index in [4.69, 9.17) is 5.73 Å². The maximum Gasteiger partial charge on any atom is 0.253 e. The number of rotatable bonds is 5. The molecule has 0 aliphatic carbocycles. The number of carbonyl (C=O) groups is 2. The van der Waals surface area contributed by atoms with Gasteiger partial charge in [-0.3, -0.25) is 9.59 Å². The van der Waals surface area contributed by atoms with Crippen LogP contribution in [-0.4, -0.2) is 44.5 Å². The molecule has 6 nitrogen and oxygen atoms in total. The SMILES string of the molecule is CS(=O)(=O)c1cccc(C(=O)N2CC[C@@H](Cc3cccc(C(N)=O)c3)C2)c1. The number of amides is 2. The maximum absolute atomic E-state index is 12.7. The van der Waals surface area contributed by atoms with Gasteiger partial charge < -0.3 is 10.6 Å². The molecule has 1 aliphatic heterocycles. The van der Waals surface area contributed by atoms with Crippen molar-refractivity contribution in [2.45, 2.75) is 17.7 Å². The number of hydrogen-bond donors (Lipinski definition) is 1. The molecule has 27 heavy (non-hydrogen) atoms. The molecule has 1 heterocycles. The number of hydrogen-bond acceptors (Lipinski definition) is 4. The van der Waals surface area contributed by atoms with Gasteiger partial charge in [0.15, 0.2) is 9.84 Å². The van der Waals surface area contributed by atoms with Gasteiger partial charge in [-0.15, -0.1) is 0 Å². The zero-order chi connectivity index (χ0) is 19.6. The standard InChI is InChI=1S/C20H22N2O4S/c1-27(25,26)18-7-3-6-17(12-18)20(24)22-9-8-15(13-22)10-14-4-2-5-16(11-14)19(21)23/h2-7,11-12,15H,8-10,13H2,1H3,(H2,21,23)/t15-/m0/s1. The molecule has 142 valence electrons. The molecule has 3 rings (SSSR count). The fourth-order valence-electron chi connectivity index (χ4n) is 3.41. The molecule has 0 spiro atoms. The smallest absolute Gasteiger partial charge is 0.253 e. The van der Waals surface area contributed by atoms with Gasteiger partial charge in [-0.25, -0.2) is 8.42 Å². The van der Waals surface area contributed by atoms with Gasteiger partial charge in [-0.2, -0.15) is 0 Å². The third-order valence-electron chi connectivity index (χ3n) is 4.82. The molecule has 0 radical (unpaired) electrons. The first-order chi connectivity index (χ1) is 12.7. The highest BCUT2D eigenvalue weighted by molar-refractivity contribution is 7.90. The molecule has 0 bridgehead atoms. The van der Waals surface area contributed by atoms with E-state index in [0.717, 1.165) is 24.7 Å². The second-order valence-electron chi connectivity index (χ2n) is 6.97. The second-order valence-corrected chi connectivity index (χ2v) is 8.99. The number of nitrogens with two attached hydrogens (primary N) is 1. The van der Waals surface area contributed by atoms with Crippen molar-refractivity contribution in [1.29, 1.82) is 0 Å². The number of likely N-dealkylation sites (tertiary alicyclic amines) is 1. The van der Waals surface area contributed by atoms with E-state index in [1.165, 1.54) is 12.1 Å². The molecule has 1 saturated heterocycles. The van der Waals surface area contributed by atoms with Crippen molar-refractivity contribution < 1.29 is 18.0 Å². The second kappa shape index (κ2) is 7.52. The van der Waals surface area contributed by atoms with Gasteiger partial charge in [0.1, 0.15) is 0 Å². The summed E-state index contributed by atoms with van der Waals surface area (Å²) in [5.74, 6) is -0.324. The Balaban J connectivity index is 1.68. The molecular formula is C20H22N2O4S. The molecule has 2 aromatic carbocycles. The first-order valence-corrected chi connectivity index (χ1v) is 10.6. The van der Waals surface area contributed by atoms with E-state index in [9.17, 15) is 18.0 Å². The van der Waals surface area contributed by atoms with Gasteiger partial charge >= 0.3 is 0 Å². The van der Waals surface area contributed by atoms with E-state index in [0.29, 0.717) is 24.2 Å². The molecule has 2 N–H and O–H groups in total. The summed E-state index contributed by atoms with van der Waals surface area (Å²) < 4.78 is 23.4. The summed E-state index contributed by atoms with van der Waals surface area (Å²) in [6, 6.07) is 13.4. The lowest BCUT2D eigenvalue weighted by atomic mass is 9.97. The highest BCUT2D eigenvalue weighted by Crippen LogP contribution is 2.23. The van der Waals surface area contributed by atoms with Crippen LogP contribution in [0.3, 0.4) is 0 Å². The fraction of sp³-hybridized carbons (Fsp3) is 0.300. The molecule has 1 aliphatic rings. The number of carbonyl (C=O) groups excluding carboxylic acids is 2. The molecule has 2 aromatic rings. The average Bonchev–Trinajstić information content (AvgIpc) is 3.09. The fourth-order valence-corrected chi connectivity index (χ4v) is 4.08. The van der Waals surface area contributed by atoms with Gasteiger partial charge in [-0.1, -0.05) is 18.2 Å². The minimum atomic E-state index is -3.35. The third-order valence-corrected chi connectivity index (χ3v) is 5.93. The molecule has 0 aromatic heterocycles. The first-order valence-electron chi connectivity index (χ1n) is 8.72. The van der Waals surface area contributed by atoms with Crippen LogP contribution in [0.25, 0.3) is 0 Å².